The van der Waals surface area contributed by atoms with E-state index < -0.39 is 0 Å². The number of para-hydroxylation sites is 2. The molecule has 0 aliphatic carbocycles. The maximum absolute atomic E-state index is 6.11. The molecule has 94 valence electrons. The molecule has 0 radical (unpaired) electrons. The van der Waals surface area contributed by atoms with Crippen molar-refractivity contribution < 1.29 is 4.74 Å². The number of hydrogen-bond acceptors (Lipinski definition) is 3. The lowest BCUT2D eigenvalue weighted by atomic mass is 10.1. The number of methoxy groups -OCH3 is 1. The Morgan fingerprint density at radius 1 is 1.00 bits per heavy atom. The van der Waals surface area contributed by atoms with Crippen molar-refractivity contribution in [2.45, 2.75) is 0 Å². The van der Waals surface area contributed by atoms with Gasteiger partial charge >= 0.3 is 0 Å². The lowest BCUT2D eigenvalue weighted by molar-refractivity contribution is 0.416. The first kappa shape index (κ1) is 11.5. The van der Waals surface area contributed by atoms with Gasteiger partial charge in [-0.2, -0.15) is 0 Å². The molecule has 3 nitrogen and oxygen atoms in total. The van der Waals surface area contributed by atoms with Crippen LogP contribution in [0.5, 0.6) is 5.75 Å². The van der Waals surface area contributed by atoms with Crippen molar-refractivity contribution >= 4 is 16.6 Å². The highest BCUT2D eigenvalue weighted by Gasteiger charge is 2.09. The van der Waals surface area contributed by atoms with Gasteiger partial charge in [0.2, 0.25) is 0 Å². The minimum absolute atomic E-state index is 0.728. The highest BCUT2D eigenvalue weighted by atomic mass is 16.5. The molecule has 1 heterocycles. The Morgan fingerprint density at radius 2 is 1.74 bits per heavy atom. The smallest absolute Gasteiger partial charge is 0.128 e. The maximum Gasteiger partial charge on any atom is 0.128 e. The number of pyridine rings is 1. The van der Waals surface area contributed by atoms with Crippen LogP contribution in [0.25, 0.3) is 22.2 Å². The molecule has 0 saturated heterocycles. The number of aromatic nitrogens is 1. The van der Waals surface area contributed by atoms with E-state index in [0.29, 0.717) is 0 Å². The Kier molecular flexibility index (Phi) is 2.80. The predicted molar refractivity (Wildman–Crippen MR) is 78.1 cm³/mol. The second kappa shape index (κ2) is 4.61. The fraction of sp³-hybridized carbons (Fsp3) is 0.0625. The molecule has 3 heteroatoms. The molecular weight excluding hydrogens is 236 g/mol. The van der Waals surface area contributed by atoms with Gasteiger partial charge in [-0.15, -0.1) is 0 Å². The highest BCUT2D eigenvalue weighted by molar-refractivity contribution is 5.93. The topological polar surface area (TPSA) is 48.1 Å². The number of ether oxygens (including phenoxy) is 1. The second-order valence-corrected chi connectivity index (χ2v) is 4.31. The van der Waals surface area contributed by atoms with Crippen molar-refractivity contribution in [2.24, 2.45) is 0 Å². The molecule has 1 aromatic heterocycles. The van der Waals surface area contributed by atoms with Crippen LogP contribution >= 0.6 is 0 Å². The zero-order valence-electron chi connectivity index (χ0n) is 10.6. The minimum atomic E-state index is 0.728. The van der Waals surface area contributed by atoms with Crippen molar-refractivity contribution in [1.29, 1.82) is 0 Å². The summed E-state index contributed by atoms with van der Waals surface area (Å²) in [6, 6.07) is 17.5. The van der Waals surface area contributed by atoms with Gasteiger partial charge in [-0.05, 0) is 24.3 Å². The van der Waals surface area contributed by atoms with Gasteiger partial charge in [-0.1, -0.05) is 30.3 Å². The first-order chi connectivity index (χ1) is 9.29. The van der Waals surface area contributed by atoms with E-state index in [2.05, 4.69) is 4.98 Å². The van der Waals surface area contributed by atoms with Crippen molar-refractivity contribution in [1.82, 2.24) is 4.98 Å². The molecule has 3 rings (SSSR count). The standard InChI is InChI=1S/C16H14N2O/c1-19-16-9-5-3-7-12(16)15-10-13(17)11-6-2-4-8-14(11)18-15/h2-10H,1H3,(H2,17,18). The van der Waals surface area contributed by atoms with Crippen molar-refractivity contribution in [2.75, 3.05) is 12.8 Å². The van der Waals surface area contributed by atoms with Crippen LogP contribution < -0.4 is 10.5 Å². The average molecular weight is 250 g/mol. The number of anilines is 1. The van der Waals surface area contributed by atoms with Crippen molar-refractivity contribution in [3.05, 3.63) is 54.6 Å². The second-order valence-electron chi connectivity index (χ2n) is 4.31. The Labute approximate surface area is 111 Å². The molecule has 0 atom stereocenters. The summed E-state index contributed by atoms with van der Waals surface area (Å²) < 4.78 is 5.37. The van der Waals surface area contributed by atoms with E-state index in [0.717, 1.165) is 33.6 Å². The quantitative estimate of drug-likeness (QED) is 0.757. The molecule has 0 spiro atoms. The van der Waals surface area contributed by atoms with Crippen molar-refractivity contribution in [3.8, 4) is 17.0 Å². The lowest BCUT2D eigenvalue weighted by Crippen LogP contribution is -1.94. The molecule has 0 unspecified atom stereocenters. The first-order valence-corrected chi connectivity index (χ1v) is 6.08. The summed E-state index contributed by atoms with van der Waals surface area (Å²) in [6.07, 6.45) is 0. The van der Waals surface area contributed by atoms with E-state index in [9.17, 15) is 0 Å². The molecule has 2 N–H and O–H groups in total. The van der Waals surface area contributed by atoms with Crippen LogP contribution in [0, 0.1) is 0 Å². The average Bonchev–Trinajstić information content (AvgIpc) is 2.47. The SMILES string of the molecule is COc1ccccc1-c1cc(N)c2ccccc2n1. The zero-order chi connectivity index (χ0) is 13.2. The van der Waals surface area contributed by atoms with E-state index in [-0.39, 0.29) is 0 Å². The summed E-state index contributed by atoms with van der Waals surface area (Å²) >= 11 is 0. The van der Waals surface area contributed by atoms with E-state index in [1.807, 2.05) is 54.6 Å². The highest BCUT2D eigenvalue weighted by Crippen LogP contribution is 2.31. The van der Waals surface area contributed by atoms with Gasteiger partial charge in [-0.3, -0.25) is 0 Å². The molecule has 0 aliphatic heterocycles. The van der Waals surface area contributed by atoms with Crippen LogP contribution in [-0.4, -0.2) is 12.1 Å². The normalized spacial score (nSPS) is 10.6. The number of nitrogens with zero attached hydrogens (tertiary/aromatic N) is 1. The van der Waals surface area contributed by atoms with Crippen LogP contribution in [0.1, 0.15) is 0 Å². The van der Waals surface area contributed by atoms with Gasteiger partial charge in [0, 0.05) is 16.6 Å². The Hall–Kier alpha value is -2.55. The van der Waals surface area contributed by atoms with E-state index in [4.69, 9.17) is 10.5 Å². The molecule has 19 heavy (non-hydrogen) atoms. The van der Waals surface area contributed by atoms with E-state index in [1.165, 1.54) is 0 Å². The number of benzene rings is 2. The number of rotatable bonds is 2. The summed E-state index contributed by atoms with van der Waals surface area (Å²) in [5.74, 6) is 0.796. The summed E-state index contributed by atoms with van der Waals surface area (Å²) in [5, 5.41) is 0.973. The van der Waals surface area contributed by atoms with Crippen LogP contribution in [0.2, 0.25) is 0 Å². The minimum Gasteiger partial charge on any atom is -0.496 e. The molecule has 0 saturated carbocycles. The van der Waals surface area contributed by atoms with Crippen LogP contribution in [0.4, 0.5) is 5.69 Å². The zero-order valence-corrected chi connectivity index (χ0v) is 10.6. The number of hydrogen-bond donors (Lipinski definition) is 1. The molecule has 0 bridgehead atoms. The summed E-state index contributed by atoms with van der Waals surface area (Å²) in [5.41, 5.74) is 9.50. The summed E-state index contributed by atoms with van der Waals surface area (Å²) in [7, 11) is 1.66. The fourth-order valence-electron chi connectivity index (χ4n) is 2.20. The summed E-state index contributed by atoms with van der Waals surface area (Å²) in [6.45, 7) is 0. The lowest BCUT2D eigenvalue weighted by Gasteiger charge is -2.10. The van der Waals surface area contributed by atoms with E-state index >= 15 is 0 Å². The molecular formula is C16H14N2O. The van der Waals surface area contributed by atoms with E-state index in [1.54, 1.807) is 7.11 Å². The monoisotopic (exact) mass is 250 g/mol. The molecule has 3 aromatic rings. The van der Waals surface area contributed by atoms with Gasteiger partial charge in [0.05, 0.1) is 18.3 Å². The summed E-state index contributed by atoms with van der Waals surface area (Å²) in [4.78, 5) is 4.65. The Balaban J connectivity index is 2.26. The van der Waals surface area contributed by atoms with Gasteiger partial charge in [0.25, 0.3) is 0 Å². The van der Waals surface area contributed by atoms with Gasteiger partial charge in [0.15, 0.2) is 0 Å². The van der Waals surface area contributed by atoms with Gasteiger partial charge < -0.3 is 10.5 Å². The third kappa shape index (κ3) is 1.99. The molecule has 2 aromatic carbocycles. The molecule has 0 aliphatic rings. The molecule has 0 amide bonds. The Bertz CT molecular complexity index is 738. The maximum atomic E-state index is 6.11. The van der Waals surface area contributed by atoms with Crippen LogP contribution in [0.15, 0.2) is 54.6 Å². The number of fused-ring (bicyclic) bond motifs is 1. The Morgan fingerprint density at radius 3 is 2.58 bits per heavy atom. The number of nitrogen functional groups attached to an aromatic ring is 1. The third-order valence-electron chi connectivity index (χ3n) is 3.13. The predicted octanol–water partition coefficient (Wildman–Crippen LogP) is 3.49. The largest absolute Gasteiger partial charge is 0.496 e. The fourth-order valence-corrected chi connectivity index (χ4v) is 2.20. The van der Waals surface area contributed by atoms with Crippen LogP contribution in [-0.2, 0) is 0 Å². The third-order valence-corrected chi connectivity index (χ3v) is 3.13. The van der Waals surface area contributed by atoms with Crippen LogP contribution in [0.3, 0.4) is 0 Å². The molecule has 0 fully saturated rings. The van der Waals surface area contributed by atoms with Gasteiger partial charge in [-0.25, -0.2) is 4.98 Å². The first-order valence-electron chi connectivity index (χ1n) is 6.08. The van der Waals surface area contributed by atoms with Gasteiger partial charge in [0.1, 0.15) is 5.75 Å². The number of nitrogens with two attached hydrogens (primary N) is 1. The van der Waals surface area contributed by atoms with Crippen molar-refractivity contribution in [3.63, 3.8) is 0 Å².